The van der Waals surface area contributed by atoms with Gasteiger partial charge < -0.3 is 15.0 Å². The number of rotatable bonds is 11. The molecule has 1 aromatic heterocycles. The van der Waals surface area contributed by atoms with Crippen molar-refractivity contribution in [2.24, 2.45) is 7.05 Å². The Labute approximate surface area is 129 Å². The van der Waals surface area contributed by atoms with Crippen LogP contribution in [0.15, 0.2) is 12.4 Å². The molecule has 2 N–H and O–H groups in total. The van der Waals surface area contributed by atoms with Gasteiger partial charge in [-0.2, -0.15) is 0 Å². The lowest BCUT2D eigenvalue weighted by molar-refractivity contribution is 0.161. The predicted octanol–water partition coefficient (Wildman–Crippen LogP) is 1.77. The van der Waals surface area contributed by atoms with Crippen LogP contribution in [-0.2, 0) is 13.6 Å². The molecule has 21 heavy (non-hydrogen) atoms. The van der Waals surface area contributed by atoms with Crippen molar-refractivity contribution in [3.63, 3.8) is 0 Å². The van der Waals surface area contributed by atoms with Gasteiger partial charge in [0.05, 0.1) is 13.2 Å². The summed E-state index contributed by atoms with van der Waals surface area (Å²) in [5, 5.41) is 13.0. The number of imidazole rings is 1. The van der Waals surface area contributed by atoms with Gasteiger partial charge in [-0.25, -0.2) is 4.98 Å². The number of nitrogens with one attached hydrogen (secondary N) is 1. The van der Waals surface area contributed by atoms with Crippen LogP contribution >= 0.6 is 0 Å². The summed E-state index contributed by atoms with van der Waals surface area (Å²) in [4.78, 5) is 6.65. The lowest BCUT2D eigenvalue weighted by Crippen LogP contribution is -2.46. The van der Waals surface area contributed by atoms with E-state index in [4.69, 9.17) is 0 Å². The molecule has 0 radical (unpaired) electrons. The fourth-order valence-corrected chi connectivity index (χ4v) is 2.42. The Morgan fingerprint density at radius 3 is 2.76 bits per heavy atom. The van der Waals surface area contributed by atoms with Crippen LogP contribution in [0.4, 0.5) is 0 Å². The van der Waals surface area contributed by atoms with Gasteiger partial charge in [0.25, 0.3) is 0 Å². The maximum absolute atomic E-state index is 9.54. The summed E-state index contributed by atoms with van der Waals surface area (Å²) in [6, 6.07) is 0. The Morgan fingerprint density at radius 2 is 2.19 bits per heavy atom. The van der Waals surface area contributed by atoms with Crippen molar-refractivity contribution >= 4 is 0 Å². The van der Waals surface area contributed by atoms with Crippen LogP contribution in [-0.4, -0.2) is 51.8 Å². The molecule has 0 aromatic carbocycles. The third-order valence-corrected chi connectivity index (χ3v) is 4.00. The van der Waals surface area contributed by atoms with Crippen molar-refractivity contribution in [1.29, 1.82) is 0 Å². The van der Waals surface area contributed by atoms with E-state index in [0.717, 1.165) is 51.1 Å². The first-order chi connectivity index (χ1) is 10.0. The van der Waals surface area contributed by atoms with Crippen molar-refractivity contribution in [1.82, 2.24) is 19.8 Å². The average Bonchev–Trinajstić information content (AvgIpc) is 2.87. The Bertz CT molecular complexity index is 393. The van der Waals surface area contributed by atoms with Crippen LogP contribution in [0.5, 0.6) is 0 Å². The number of aliphatic hydroxyl groups excluding tert-OH is 1. The molecular formula is C16H32N4O. The fraction of sp³-hybridized carbons (Fsp3) is 0.812. The van der Waals surface area contributed by atoms with Gasteiger partial charge >= 0.3 is 0 Å². The van der Waals surface area contributed by atoms with E-state index in [0.29, 0.717) is 0 Å². The SMILES string of the molecule is CCCNC(C)(CO)CCCCN(C)Cc1nccn1C. The highest BCUT2D eigenvalue weighted by molar-refractivity contribution is 4.90. The molecule has 5 nitrogen and oxygen atoms in total. The van der Waals surface area contributed by atoms with Gasteiger partial charge in [-0.15, -0.1) is 0 Å². The summed E-state index contributed by atoms with van der Waals surface area (Å²) in [5.41, 5.74) is -0.131. The van der Waals surface area contributed by atoms with Crippen molar-refractivity contribution < 1.29 is 5.11 Å². The number of aromatic nitrogens is 2. The summed E-state index contributed by atoms with van der Waals surface area (Å²) in [6.45, 7) is 7.38. The third-order valence-electron chi connectivity index (χ3n) is 4.00. The molecule has 0 bridgehead atoms. The van der Waals surface area contributed by atoms with E-state index in [1.54, 1.807) is 0 Å². The van der Waals surface area contributed by atoms with Gasteiger partial charge in [0, 0.05) is 25.0 Å². The second-order valence-electron chi connectivity index (χ2n) is 6.29. The molecule has 1 rings (SSSR count). The molecule has 0 aliphatic heterocycles. The lowest BCUT2D eigenvalue weighted by Gasteiger charge is -2.29. The summed E-state index contributed by atoms with van der Waals surface area (Å²) in [5.74, 6) is 1.10. The van der Waals surface area contributed by atoms with E-state index in [2.05, 4.69) is 40.7 Å². The van der Waals surface area contributed by atoms with Gasteiger partial charge in [0.15, 0.2) is 0 Å². The van der Waals surface area contributed by atoms with Gasteiger partial charge in [-0.1, -0.05) is 13.3 Å². The maximum Gasteiger partial charge on any atom is 0.122 e. The first-order valence-corrected chi connectivity index (χ1v) is 8.01. The standard InChI is InChI=1S/C16H32N4O/c1-5-9-18-16(2,14-21)8-6-7-11-19(3)13-15-17-10-12-20(15)4/h10,12,18,21H,5-9,11,13-14H2,1-4H3. The number of aryl methyl sites for hydroxylation is 1. The Hall–Kier alpha value is -0.910. The molecule has 0 spiro atoms. The van der Waals surface area contributed by atoms with E-state index >= 15 is 0 Å². The number of hydrogen-bond acceptors (Lipinski definition) is 4. The monoisotopic (exact) mass is 296 g/mol. The van der Waals surface area contributed by atoms with Crippen molar-refractivity contribution in [2.75, 3.05) is 26.7 Å². The number of nitrogens with zero attached hydrogens (tertiary/aromatic N) is 3. The zero-order valence-electron chi connectivity index (χ0n) is 14.1. The van der Waals surface area contributed by atoms with Crippen LogP contribution in [0.1, 0.15) is 45.4 Å². The Morgan fingerprint density at radius 1 is 1.43 bits per heavy atom. The highest BCUT2D eigenvalue weighted by Gasteiger charge is 2.21. The number of aliphatic hydroxyl groups is 1. The number of unbranched alkanes of at least 4 members (excludes halogenated alkanes) is 1. The molecule has 1 aromatic rings. The van der Waals surface area contributed by atoms with E-state index in [9.17, 15) is 5.11 Å². The molecule has 1 unspecified atom stereocenters. The minimum absolute atomic E-state index is 0.131. The van der Waals surface area contributed by atoms with Crippen LogP contribution in [0.3, 0.4) is 0 Å². The second-order valence-corrected chi connectivity index (χ2v) is 6.29. The first kappa shape index (κ1) is 18.1. The molecule has 0 saturated heterocycles. The predicted molar refractivity (Wildman–Crippen MR) is 87.2 cm³/mol. The normalized spacial score (nSPS) is 14.6. The van der Waals surface area contributed by atoms with Crippen LogP contribution in [0.2, 0.25) is 0 Å². The minimum Gasteiger partial charge on any atom is -0.394 e. The Balaban J connectivity index is 2.22. The minimum atomic E-state index is -0.131. The van der Waals surface area contributed by atoms with Gasteiger partial charge in [-0.3, -0.25) is 4.90 Å². The summed E-state index contributed by atoms with van der Waals surface area (Å²) >= 11 is 0. The van der Waals surface area contributed by atoms with E-state index in [-0.39, 0.29) is 12.1 Å². The quantitative estimate of drug-likeness (QED) is 0.611. The third kappa shape index (κ3) is 6.59. The molecule has 1 heterocycles. The van der Waals surface area contributed by atoms with Crippen LogP contribution < -0.4 is 5.32 Å². The summed E-state index contributed by atoms with van der Waals surface area (Å²) in [7, 11) is 4.16. The van der Waals surface area contributed by atoms with E-state index in [1.807, 2.05) is 19.4 Å². The van der Waals surface area contributed by atoms with Gasteiger partial charge in [0.1, 0.15) is 5.82 Å². The van der Waals surface area contributed by atoms with E-state index < -0.39 is 0 Å². The highest BCUT2D eigenvalue weighted by atomic mass is 16.3. The van der Waals surface area contributed by atoms with Crippen LogP contribution in [0, 0.1) is 0 Å². The first-order valence-electron chi connectivity index (χ1n) is 8.01. The molecule has 1 atom stereocenters. The average molecular weight is 296 g/mol. The van der Waals surface area contributed by atoms with Crippen LogP contribution in [0.25, 0.3) is 0 Å². The molecule has 0 aliphatic rings. The van der Waals surface area contributed by atoms with Gasteiger partial charge in [-0.05, 0) is 46.3 Å². The zero-order valence-corrected chi connectivity index (χ0v) is 14.1. The van der Waals surface area contributed by atoms with Crippen molar-refractivity contribution in [3.05, 3.63) is 18.2 Å². The molecular weight excluding hydrogens is 264 g/mol. The molecule has 0 saturated carbocycles. The summed E-state index contributed by atoms with van der Waals surface area (Å²) < 4.78 is 2.06. The highest BCUT2D eigenvalue weighted by Crippen LogP contribution is 2.14. The molecule has 0 aliphatic carbocycles. The van der Waals surface area contributed by atoms with E-state index in [1.165, 1.54) is 0 Å². The molecule has 0 amide bonds. The lowest BCUT2D eigenvalue weighted by atomic mass is 9.95. The van der Waals surface area contributed by atoms with Crippen molar-refractivity contribution in [2.45, 2.75) is 51.6 Å². The molecule has 122 valence electrons. The summed E-state index contributed by atoms with van der Waals surface area (Å²) in [6.07, 6.45) is 8.20. The Kier molecular flexibility index (Phi) is 7.93. The van der Waals surface area contributed by atoms with Crippen molar-refractivity contribution in [3.8, 4) is 0 Å². The molecule has 5 heteroatoms. The largest absolute Gasteiger partial charge is 0.394 e. The maximum atomic E-state index is 9.54. The smallest absolute Gasteiger partial charge is 0.122 e. The van der Waals surface area contributed by atoms with Gasteiger partial charge in [0.2, 0.25) is 0 Å². The molecule has 0 fully saturated rings. The topological polar surface area (TPSA) is 53.3 Å². The fourth-order valence-electron chi connectivity index (χ4n) is 2.42. The zero-order chi connectivity index (χ0) is 15.7. The number of hydrogen-bond donors (Lipinski definition) is 2. The second kappa shape index (κ2) is 9.18.